The molecule has 5 nitrogen and oxygen atoms in total. The fourth-order valence-corrected chi connectivity index (χ4v) is 2.32. The van der Waals surface area contributed by atoms with Crippen molar-refractivity contribution in [2.24, 2.45) is 0 Å². The monoisotopic (exact) mass is 338 g/mol. The zero-order valence-electron chi connectivity index (χ0n) is 12.7. The minimum absolute atomic E-state index is 0.257. The summed E-state index contributed by atoms with van der Waals surface area (Å²) in [6, 6.07) is 20.1. The van der Waals surface area contributed by atoms with E-state index in [1.807, 2.05) is 54.6 Å². The molecule has 0 spiro atoms. The molecule has 0 radical (unpaired) electrons. The molecule has 0 fully saturated rings. The Morgan fingerprint density at radius 3 is 2.50 bits per heavy atom. The average Bonchev–Trinajstić information content (AvgIpc) is 2.61. The Bertz CT molecular complexity index is 822. The number of benzene rings is 2. The summed E-state index contributed by atoms with van der Waals surface area (Å²) in [5, 5.41) is 14.6. The van der Waals surface area contributed by atoms with Gasteiger partial charge in [-0.25, -0.2) is 0 Å². The number of aromatic nitrogens is 2. The van der Waals surface area contributed by atoms with Crippen molar-refractivity contribution in [1.29, 1.82) is 0 Å². The topological polar surface area (TPSA) is 66.9 Å². The number of carbonyl (C=O) groups excluding carboxylic acids is 1. The smallest absolute Gasteiger partial charge is 0.276 e. The van der Waals surface area contributed by atoms with Gasteiger partial charge in [-0.05, 0) is 42.0 Å². The number of hydrogen-bond acceptors (Lipinski definition) is 4. The third-order valence-corrected chi connectivity index (χ3v) is 3.53. The number of rotatable bonds is 5. The molecule has 1 amide bonds. The molecule has 0 bridgehead atoms. The summed E-state index contributed by atoms with van der Waals surface area (Å²) in [4.78, 5) is 12.1. The lowest BCUT2D eigenvalue weighted by molar-refractivity contribution is 0.102. The summed E-state index contributed by atoms with van der Waals surface area (Å²) in [5.41, 5.74) is 2.01. The Morgan fingerprint density at radius 2 is 1.79 bits per heavy atom. The van der Waals surface area contributed by atoms with Gasteiger partial charge in [0.2, 0.25) is 0 Å². The van der Waals surface area contributed by atoms with Crippen LogP contribution in [-0.2, 0) is 6.54 Å². The Morgan fingerprint density at radius 1 is 0.958 bits per heavy atom. The molecule has 1 heterocycles. The summed E-state index contributed by atoms with van der Waals surface area (Å²) >= 11 is 5.95. The van der Waals surface area contributed by atoms with Gasteiger partial charge in [0.1, 0.15) is 5.82 Å². The Hall–Kier alpha value is -2.92. The van der Waals surface area contributed by atoms with E-state index < -0.39 is 0 Å². The van der Waals surface area contributed by atoms with E-state index in [1.54, 1.807) is 12.1 Å². The van der Waals surface area contributed by atoms with E-state index in [4.69, 9.17) is 11.6 Å². The summed E-state index contributed by atoms with van der Waals surface area (Å²) in [6.07, 6.45) is 0. The average molecular weight is 339 g/mol. The second-order valence-electron chi connectivity index (χ2n) is 5.11. The molecular formula is C18H15ClN4O. The Labute approximate surface area is 144 Å². The molecule has 0 saturated carbocycles. The number of carbonyl (C=O) groups is 1. The molecule has 0 aliphatic carbocycles. The molecule has 6 heteroatoms. The zero-order chi connectivity index (χ0) is 16.8. The predicted octanol–water partition coefficient (Wildman–Crippen LogP) is 3.99. The first-order chi connectivity index (χ1) is 11.7. The van der Waals surface area contributed by atoms with Crippen LogP contribution in [0.3, 0.4) is 0 Å². The van der Waals surface area contributed by atoms with E-state index in [9.17, 15) is 4.79 Å². The molecule has 3 rings (SSSR count). The van der Waals surface area contributed by atoms with Crippen molar-refractivity contribution in [2.75, 3.05) is 10.6 Å². The van der Waals surface area contributed by atoms with E-state index in [2.05, 4.69) is 20.8 Å². The van der Waals surface area contributed by atoms with Crippen LogP contribution in [0.25, 0.3) is 0 Å². The maximum atomic E-state index is 12.1. The SMILES string of the molecule is O=C(Nc1ccccc1)c1ccc(NCc2cccc(Cl)c2)nn1. The highest BCUT2D eigenvalue weighted by Crippen LogP contribution is 2.12. The van der Waals surface area contributed by atoms with E-state index >= 15 is 0 Å². The van der Waals surface area contributed by atoms with Gasteiger partial charge in [0.15, 0.2) is 5.69 Å². The van der Waals surface area contributed by atoms with Crippen LogP contribution in [0, 0.1) is 0 Å². The maximum Gasteiger partial charge on any atom is 0.276 e. The number of hydrogen-bond donors (Lipinski definition) is 2. The maximum absolute atomic E-state index is 12.1. The summed E-state index contributed by atoms with van der Waals surface area (Å²) in [5.74, 6) is 0.293. The van der Waals surface area contributed by atoms with E-state index in [0.717, 1.165) is 5.56 Å². The molecule has 24 heavy (non-hydrogen) atoms. The Balaban J connectivity index is 1.59. The molecule has 3 aromatic rings. The van der Waals surface area contributed by atoms with Gasteiger partial charge in [-0.2, -0.15) is 0 Å². The van der Waals surface area contributed by atoms with Crippen LogP contribution in [0.2, 0.25) is 5.02 Å². The Kier molecular flexibility index (Phi) is 5.03. The molecule has 1 aromatic heterocycles. The van der Waals surface area contributed by atoms with E-state index in [1.165, 1.54) is 0 Å². The molecule has 120 valence electrons. The lowest BCUT2D eigenvalue weighted by Gasteiger charge is -2.07. The van der Waals surface area contributed by atoms with Crippen molar-refractivity contribution < 1.29 is 4.79 Å². The first kappa shape index (κ1) is 16.0. The van der Waals surface area contributed by atoms with Crippen LogP contribution in [0.15, 0.2) is 66.7 Å². The van der Waals surface area contributed by atoms with Gasteiger partial charge in [0.25, 0.3) is 5.91 Å². The fourth-order valence-electron chi connectivity index (χ4n) is 2.10. The summed E-state index contributed by atoms with van der Waals surface area (Å²) < 4.78 is 0. The number of amides is 1. The number of para-hydroxylation sites is 1. The highest BCUT2D eigenvalue weighted by Gasteiger charge is 2.08. The van der Waals surface area contributed by atoms with E-state index in [-0.39, 0.29) is 11.6 Å². The second-order valence-corrected chi connectivity index (χ2v) is 5.54. The van der Waals surface area contributed by atoms with Crippen molar-refractivity contribution in [3.8, 4) is 0 Å². The van der Waals surface area contributed by atoms with Crippen LogP contribution >= 0.6 is 11.6 Å². The number of nitrogens with zero attached hydrogens (tertiary/aromatic N) is 2. The lowest BCUT2D eigenvalue weighted by Crippen LogP contribution is -2.14. The van der Waals surface area contributed by atoms with Crippen LogP contribution in [0.4, 0.5) is 11.5 Å². The predicted molar refractivity (Wildman–Crippen MR) is 95.2 cm³/mol. The minimum atomic E-state index is -0.296. The van der Waals surface area contributed by atoms with Crippen LogP contribution in [0.1, 0.15) is 16.1 Å². The first-order valence-corrected chi connectivity index (χ1v) is 7.77. The van der Waals surface area contributed by atoms with Crippen LogP contribution in [0.5, 0.6) is 0 Å². The van der Waals surface area contributed by atoms with Crippen molar-refractivity contribution >= 4 is 29.0 Å². The third kappa shape index (κ3) is 4.30. The molecule has 0 saturated heterocycles. The van der Waals surface area contributed by atoms with Crippen molar-refractivity contribution in [3.05, 3.63) is 83.0 Å². The molecule has 0 unspecified atom stereocenters. The molecular weight excluding hydrogens is 324 g/mol. The third-order valence-electron chi connectivity index (χ3n) is 3.29. The number of halogens is 1. The number of nitrogens with one attached hydrogen (secondary N) is 2. The minimum Gasteiger partial charge on any atom is -0.365 e. The van der Waals surface area contributed by atoms with Crippen LogP contribution in [-0.4, -0.2) is 16.1 Å². The highest BCUT2D eigenvalue weighted by atomic mass is 35.5. The van der Waals surface area contributed by atoms with Crippen molar-refractivity contribution in [2.45, 2.75) is 6.54 Å². The fraction of sp³-hybridized carbons (Fsp3) is 0.0556. The molecule has 2 aromatic carbocycles. The van der Waals surface area contributed by atoms with Gasteiger partial charge in [-0.1, -0.05) is 41.9 Å². The van der Waals surface area contributed by atoms with Gasteiger partial charge in [-0.3, -0.25) is 4.79 Å². The normalized spacial score (nSPS) is 10.2. The quantitative estimate of drug-likeness (QED) is 0.738. The lowest BCUT2D eigenvalue weighted by atomic mass is 10.2. The molecule has 0 aliphatic rings. The van der Waals surface area contributed by atoms with Crippen molar-refractivity contribution in [3.63, 3.8) is 0 Å². The van der Waals surface area contributed by atoms with Gasteiger partial charge in [0.05, 0.1) is 0 Å². The largest absolute Gasteiger partial charge is 0.365 e. The van der Waals surface area contributed by atoms with Gasteiger partial charge >= 0.3 is 0 Å². The van der Waals surface area contributed by atoms with Crippen LogP contribution < -0.4 is 10.6 Å². The van der Waals surface area contributed by atoms with Gasteiger partial charge < -0.3 is 10.6 Å². The molecule has 0 aliphatic heterocycles. The second kappa shape index (κ2) is 7.57. The van der Waals surface area contributed by atoms with Crippen molar-refractivity contribution in [1.82, 2.24) is 10.2 Å². The summed E-state index contributed by atoms with van der Waals surface area (Å²) in [6.45, 7) is 0.574. The number of anilines is 2. The zero-order valence-corrected chi connectivity index (χ0v) is 13.5. The first-order valence-electron chi connectivity index (χ1n) is 7.39. The molecule has 2 N–H and O–H groups in total. The summed E-state index contributed by atoms with van der Waals surface area (Å²) in [7, 11) is 0. The van der Waals surface area contributed by atoms with Gasteiger partial charge in [0, 0.05) is 17.3 Å². The van der Waals surface area contributed by atoms with Gasteiger partial charge in [-0.15, -0.1) is 10.2 Å². The molecule has 0 atom stereocenters. The van der Waals surface area contributed by atoms with E-state index in [0.29, 0.717) is 23.1 Å². The standard InChI is InChI=1S/C18H15ClN4O/c19-14-6-4-5-13(11-14)12-20-17-10-9-16(22-23-17)18(24)21-15-7-2-1-3-8-15/h1-11H,12H2,(H,20,23)(H,21,24). The highest BCUT2D eigenvalue weighted by molar-refractivity contribution is 6.30.